The summed E-state index contributed by atoms with van der Waals surface area (Å²) in [7, 11) is 0. The summed E-state index contributed by atoms with van der Waals surface area (Å²) in [4.78, 5) is 26.9. The van der Waals surface area contributed by atoms with Crippen LogP contribution in [0.2, 0.25) is 0 Å². The third kappa shape index (κ3) is 4.19. The molecule has 0 aromatic carbocycles. The standard InChI is InChI=1S/C15H21N3O6/c1-2-3-4-5-11(19)23-8-9-12(20)13(21)14(24-9)18-7-6-10(16)17-15(18)22/h3-4,6-7,9,12-14,20-21H,2,5,8H2,1H3,(H2,16,17,22)/b4-3+/t9-,12?,13-,14-/m1/s1. The van der Waals surface area contributed by atoms with Crippen molar-refractivity contribution in [3.05, 3.63) is 34.9 Å². The van der Waals surface area contributed by atoms with Crippen LogP contribution < -0.4 is 11.4 Å². The molecule has 1 fully saturated rings. The first-order valence-corrected chi connectivity index (χ1v) is 7.61. The highest BCUT2D eigenvalue weighted by molar-refractivity contribution is 5.71. The number of aromatic nitrogens is 2. The number of allylic oxidation sites excluding steroid dienone is 1. The van der Waals surface area contributed by atoms with E-state index in [0.29, 0.717) is 0 Å². The van der Waals surface area contributed by atoms with Crippen molar-refractivity contribution in [2.75, 3.05) is 12.3 Å². The van der Waals surface area contributed by atoms with Crippen molar-refractivity contribution in [3.63, 3.8) is 0 Å². The SMILES string of the molecule is CC/C=C/CC(=O)OC[C@H]1O[C@@H](n2ccc(N)nc2=O)[C@H](O)C1O. The Balaban J connectivity index is 1.98. The van der Waals surface area contributed by atoms with Crippen LogP contribution in [-0.2, 0) is 14.3 Å². The lowest BCUT2D eigenvalue weighted by molar-refractivity contribution is -0.149. The number of nitrogen functional groups attached to an aromatic ring is 1. The van der Waals surface area contributed by atoms with Gasteiger partial charge in [0.05, 0.1) is 6.42 Å². The van der Waals surface area contributed by atoms with Gasteiger partial charge in [0.1, 0.15) is 30.7 Å². The van der Waals surface area contributed by atoms with Crippen LogP contribution in [0.1, 0.15) is 26.0 Å². The topological polar surface area (TPSA) is 137 Å². The molecule has 2 rings (SSSR count). The number of hydrogen-bond donors (Lipinski definition) is 3. The first-order valence-electron chi connectivity index (χ1n) is 7.61. The molecule has 9 heteroatoms. The van der Waals surface area contributed by atoms with Gasteiger partial charge in [0.2, 0.25) is 0 Å². The van der Waals surface area contributed by atoms with Crippen LogP contribution in [0.25, 0.3) is 0 Å². The normalized spacial score (nSPS) is 26.8. The number of nitrogens with zero attached hydrogens (tertiary/aromatic N) is 2. The molecule has 1 aliphatic rings. The number of carbonyl (C=O) groups excluding carboxylic acids is 1. The number of ether oxygens (including phenoxy) is 2. The van der Waals surface area contributed by atoms with Crippen molar-refractivity contribution >= 4 is 11.8 Å². The molecular formula is C15H21N3O6. The average molecular weight is 339 g/mol. The molecule has 1 saturated heterocycles. The monoisotopic (exact) mass is 339 g/mol. The van der Waals surface area contributed by atoms with E-state index in [9.17, 15) is 19.8 Å². The molecule has 24 heavy (non-hydrogen) atoms. The minimum atomic E-state index is -1.36. The van der Waals surface area contributed by atoms with E-state index < -0.39 is 36.2 Å². The quantitative estimate of drug-likeness (QED) is 0.459. The first kappa shape index (κ1) is 18.1. The Morgan fingerprint density at radius 1 is 1.46 bits per heavy atom. The number of nitrogens with two attached hydrogens (primary N) is 1. The van der Waals surface area contributed by atoms with Gasteiger partial charge in [0.15, 0.2) is 6.23 Å². The maximum absolute atomic E-state index is 11.8. The van der Waals surface area contributed by atoms with E-state index >= 15 is 0 Å². The third-order valence-corrected chi connectivity index (χ3v) is 3.56. The largest absolute Gasteiger partial charge is 0.463 e. The molecule has 0 aliphatic carbocycles. The summed E-state index contributed by atoms with van der Waals surface area (Å²) in [5, 5.41) is 20.1. The fourth-order valence-electron chi connectivity index (χ4n) is 2.30. The summed E-state index contributed by atoms with van der Waals surface area (Å²) in [5.41, 5.74) is 4.69. The van der Waals surface area contributed by atoms with Crippen molar-refractivity contribution < 1.29 is 24.5 Å². The Labute approximate surface area is 138 Å². The maximum Gasteiger partial charge on any atom is 0.351 e. The van der Waals surface area contributed by atoms with Gasteiger partial charge >= 0.3 is 11.7 Å². The number of aliphatic hydroxyl groups is 2. The fraction of sp³-hybridized carbons (Fsp3) is 0.533. The van der Waals surface area contributed by atoms with Gasteiger partial charge in [0, 0.05) is 6.20 Å². The molecule has 4 N–H and O–H groups in total. The minimum Gasteiger partial charge on any atom is -0.463 e. The number of aliphatic hydroxyl groups excluding tert-OH is 2. The second-order valence-corrected chi connectivity index (χ2v) is 5.36. The lowest BCUT2D eigenvalue weighted by Gasteiger charge is -2.16. The molecule has 4 atom stereocenters. The number of esters is 1. The van der Waals surface area contributed by atoms with Crippen LogP contribution >= 0.6 is 0 Å². The molecule has 1 aromatic rings. The molecule has 0 spiro atoms. The zero-order valence-electron chi connectivity index (χ0n) is 13.2. The first-order chi connectivity index (χ1) is 11.4. The van der Waals surface area contributed by atoms with Crippen molar-refractivity contribution in [3.8, 4) is 0 Å². The van der Waals surface area contributed by atoms with E-state index in [2.05, 4.69) is 4.98 Å². The lowest BCUT2D eigenvalue weighted by Crippen LogP contribution is -2.36. The highest BCUT2D eigenvalue weighted by atomic mass is 16.6. The van der Waals surface area contributed by atoms with Crippen LogP contribution in [0.3, 0.4) is 0 Å². The number of rotatable bonds is 6. The van der Waals surface area contributed by atoms with Crippen molar-refractivity contribution in [2.45, 2.75) is 44.3 Å². The molecule has 0 saturated carbocycles. The van der Waals surface area contributed by atoms with Crippen LogP contribution in [0.4, 0.5) is 5.82 Å². The lowest BCUT2D eigenvalue weighted by atomic mass is 10.1. The Bertz CT molecular complexity index is 659. The van der Waals surface area contributed by atoms with Gasteiger partial charge in [0.25, 0.3) is 0 Å². The predicted molar refractivity (Wildman–Crippen MR) is 83.8 cm³/mol. The highest BCUT2D eigenvalue weighted by Crippen LogP contribution is 2.28. The van der Waals surface area contributed by atoms with Crippen molar-refractivity contribution in [1.29, 1.82) is 0 Å². The Kier molecular flexibility index (Phi) is 6.07. The van der Waals surface area contributed by atoms with Gasteiger partial charge < -0.3 is 25.4 Å². The number of carbonyl (C=O) groups is 1. The second-order valence-electron chi connectivity index (χ2n) is 5.36. The summed E-state index contributed by atoms with van der Waals surface area (Å²) in [6.45, 7) is 1.71. The van der Waals surface area contributed by atoms with Crippen LogP contribution in [0, 0.1) is 0 Å². The van der Waals surface area contributed by atoms with Crippen LogP contribution in [-0.4, -0.2) is 50.7 Å². The molecule has 2 heterocycles. The van der Waals surface area contributed by atoms with Crippen molar-refractivity contribution in [1.82, 2.24) is 9.55 Å². The summed E-state index contributed by atoms with van der Waals surface area (Å²) < 4.78 is 11.5. The summed E-state index contributed by atoms with van der Waals surface area (Å²) in [5.74, 6) is -0.436. The van der Waals surface area contributed by atoms with E-state index in [1.165, 1.54) is 12.3 Å². The molecule has 0 amide bonds. The second kappa shape index (κ2) is 8.04. The molecule has 9 nitrogen and oxygen atoms in total. The van der Waals surface area contributed by atoms with Gasteiger partial charge in [-0.1, -0.05) is 19.1 Å². The van der Waals surface area contributed by atoms with E-state index in [-0.39, 0.29) is 18.8 Å². The minimum absolute atomic E-state index is 0.0369. The Morgan fingerprint density at radius 3 is 2.88 bits per heavy atom. The number of hydrogen-bond acceptors (Lipinski definition) is 8. The van der Waals surface area contributed by atoms with Crippen molar-refractivity contribution in [2.24, 2.45) is 0 Å². The van der Waals surface area contributed by atoms with E-state index in [4.69, 9.17) is 15.2 Å². The molecule has 1 aromatic heterocycles. The molecule has 0 radical (unpaired) electrons. The molecule has 1 aliphatic heterocycles. The maximum atomic E-state index is 11.8. The Hall–Kier alpha value is -2.23. The summed E-state index contributed by atoms with van der Waals surface area (Å²) in [6, 6.07) is 1.37. The number of anilines is 1. The fourth-order valence-corrected chi connectivity index (χ4v) is 2.30. The summed E-state index contributed by atoms with van der Waals surface area (Å²) >= 11 is 0. The van der Waals surface area contributed by atoms with Gasteiger partial charge in [-0.25, -0.2) is 4.79 Å². The van der Waals surface area contributed by atoms with E-state index in [0.717, 1.165) is 11.0 Å². The van der Waals surface area contributed by atoms with Crippen LogP contribution in [0.15, 0.2) is 29.2 Å². The zero-order valence-corrected chi connectivity index (χ0v) is 13.2. The Morgan fingerprint density at radius 2 is 2.21 bits per heavy atom. The summed E-state index contributed by atoms with van der Waals surface area (Å²) in [6.07, 6.45) is 1.01. The van der Waals surface area contributed by atoms with Gasteiger partial charge in [-0.15, -0.1) is 0 Å². The van der Waals surface area contributed by atoms with Gasteiger partial charge in [-0.2, -0.15) is 4.98 Å². The average Bonchev–Trinajstić information content (AvgIpc) is 2.81. The molecule has 0 bridgehead atoms. The smallest absolute Gasteiger partial charge is 0.351 e. The van der Waals surface area contributed by atoms with E-state index in [1.54, 1.807) is 6.08 Å². The zero-order chi connectivity index (χ0) is 17.7. The highest BCUT2D eigenvalue weighted by Gasteiger charge is 2.44. The van der Waals surface area contributed by atoms with Gasteiger partial charge in [-0.05, 0) is 12.5 Å². The third-order valence-electron chi connectivity index (χ3n) is 3.56. The molecule has 132 valence electrons. The van der Waals surface area contributed by atoms with E-state index in [1.807, 2.05) is 13.0 Å². The molecule has 1 unspecified atom stereocenters. The van der Waals surface area contributed by atoms with Crippen LogP contribution in [0.5, 0.6) is 0 Å². The molecular weight excluding hydrogens is 318 g/mol. The predicted octanol–water partition coefficient (Wildman–Crippen LogP) is -0.656. The van der Waals surface area contributed by atoms with Gasteiger partial charge in [-0.3, -0.25) is 9.36 Å².